The van der Waals surface area contributed by atoms with E-state index in [4.69, 9.17) is 9.47 Å². The van der Waals surface area contributed by atoms with Gasteiger partial charge in [0, 0.05) is 26.2 Å². The van der Waals surface area contributed by atoms with Crippen molar-refractivity contribution in [3.63, 3.8) is 0 Å². The summed E-state index contributed by atoms with van der Waals surface area (Å²) in [6.45, 7) is 11.6. The van der Waals surface area contributed by atoms with Crippen LogP contribution >= 0.6 is 0 Å². The van der Waals surface area contributed by atoms with Gasteiger partial charge in [0.05, 0.1) is 7.11 Å². The van der Waals surface area contributed by atoms with Crippen molar-refractivity contribution in [2.45, 2.75) is 45.8 Å². The number of amides is 1. The van der Waals surface area contributed by atoms with E-state index < -0.39 is 11.1 Å². The molecule has 0 N–H and O–H groups in total. The molecule has 0 unspecified atom stereocenters. The zero-order valence-corrected chi connectivity index (χ0v) is 13.4. The van der Waals surface area contributed by atoms with Crippen LogP contribution in [0.5, 0.6) is 0 Å². The van der Waals surface area contributed by atoms with Gasteiger partial charge in [-0.2, -0.15) is 0 Å². The molecule has 1 aliphatic heterocycles. The Morgan fingerprint density at radius 1 is 0.950 bits per heavy atom. The normalized spacial score (nSPS) is 17.8. The Balaban J connectivity index is 2.56. The third-order valence-electron chi connectivity index (χ3n) is 3.41. The van der Waals surface area contributed by atoms with Crippen molar-refractivity contribution in [2.24, 2.45) is 0 Å². The topological polar surface area (TPSA) is 59.1 Å². The fourth-order valence-corrected chi connectivity index (χ4v) is 2.15. The van der Waals surface area contributed by atoms with Gasteiger partial charge in [0.25, 0.3) is 0 Å². The SMILES string of the molecule is COC(=O)C(C)(C)N1CCN(C(=O)OC(C)(C)C)CC1. The number of hydrogen-bond acceptors (Lipinski definition) is 5. The van der Waals surface area contributed by atoms with Crippen LogP contribution in [0.4, 0.5) is 4.79 Å². The van der Waals surface area contributed by atoms with E-state index in [2.05, 4.69) is 0 Å². The van der Waals surface area contributed by atoms with E-state index in [1.54, 1.807) is 4.90 Å². The molecule has 1 heterocycles. The highest BCUT2D eigenvalue weighted by Crippen LogP contribution is 2.19. The molecule has 1 amide bonds. The number of carbonyl (C=O) groups is 2. The van der Waals surface area contributed by atoms with Gasteiger partial charge >= 0.3 is 12.1 Å². The van der Waals surface area contributed by atoms with E-state index >= 15 is 0 Å². The Kier molecular flexibility index (Phi) is 5.02. The van der Waals surface area contributed by atoms with Crippen LogP contribution in [0.2, 0.25) is 0 Å². The monoisotopic (exact) mass is 286 g/mol. The molecule has 116 valence electrons. The van der Waals surface area contributed by atoms with E-state index in [1.807, 2.05) is 39.5 Å². The first-order chi connectivity index (χ1) is 9.08. The van der Waals surface area contributed by atoms with Crippen LogP contribution < -0.4 is 0 Å². The Bertz CT molecular complexity index is 366. The minimum Gasteiger partial charge on any atom is -0.468 e. The molecule has 1 aliphatic rings. The molecular formula is C14H26N2O4. The lowest BCUT2D eigenvalue weighted by Crippen LogP contribution is -2.59. The fraction of sp³-hybridized carbons (Fsp3) is 0.857. The molecule has 0 aromatic rings. The molecule has 0 aromatic carbocycles. The zero-order chi connectivity index (χ0) is 15.6. The van der Waals surface area contributed by atoms with Crippen molar-refractivity contribution in [1.82, 2.24) is 9.80 Å². The number of piperazine rings is 1. The maximum absolute atomic E-state index is 12.0. The lowest BCUT2D eigenvalue weighted by molar-refractivity contribution is -0.154. The number of carbonyl (C=O) groups excluding carboxylic acids is 2. The van der Waals surface area contributed by atoms with Gasteiger partial charge < -0.3 is 14.4 Å². The number of rotatable bonds is 2. The van der Waals surface area contributed by atoms with Crippen molar-refractivity contribution in [3.8, 4) is 0 Å². The van der Waals surface area contributed by atoms with E-state index in [0.717, 1.165) is 0 Å². The molecule has 0 bridgehead atoms. The Hall–Kier alpha value is -1.30. The molecular weight excluding hydrogens is 260 g/mol. The molecule has 0 aromatic heterocycles. The largest absolute Gasteiger partial charge is 0.468 e. The quantitative estimate of drug-likeness (QED) is 0.720. The summed E-state index contributed by atoms with van der Waals surface area (Å²) < 4.78 is 10.2. The summed E-state index contributed by atoms with van der Waals surface area (Å²) in [4.78, 5) is 27.4. The number of hydrogen-bond donors (Lipinski definition) is 0. The second-order valence-electron chi connectivity index (χ2n) is 6.51. The molecule has 0 saturated carbocycles. The van der Waals surface area contributed by atoms with E-state index in [-0.39, 0.29) is 12.1 Å². The predicted molar refractivity (Wildman–Crippen MR) is 75.5 cm³/mol. The summed E-state index contributed by atoms with van der Waals surface area (Å²) in [5.74, 6) is -0.261. The minimum absolute atomic E-state index is 0.261. The molecule has 6 heteroatoms. The third-order valence-corrected chi connectivity index (χ3v) is 3.41. The highest BCUT2D eigenvalue weighted by atomic mass is 16.6. The number of esters is 1. The molecule has 6 nitrogen and oxygen atoms in total. The van der Waals surface area contributed by atoms with Crippen LogP contribution in [-0.4, -0.2) is 66.3 Å². The van der Waals surface area contributed by atoms with Gasteiger partial charge in [-0.25, -0.2) is 4.79 Å². The summed E-state index contributed by atoms with van der Waals surface area (Å²) in [6.07, 6.45) is -0.298. The highest BCUT2D eigenvalue weighted by molar-refractivity contribution is 5.79. The summed E-state index contributed by atoms with van der Waals surface area (Å²) in [5.41, 5.74) is -1.16. The van der Waals surface area contributed by atoms with Crippen molar-refractivity contribution >= 4 is 12.1 Å². The van der Waals surface area contributed by atoms with Crippen LogP contribution in [0.3, 0.4) is 0 Å². The lowest BCUT2D eigenvalue weighted by atomic mass is 10.0. The molecule has 0 atom stereocenters. The number of ether oxygens (including phenoxy) is 2. The summed E-state index contributed by atoms with van der Waals surface area (Å²) in [5, 5.41) is 0. The van der Waals surface area contributed by atoms with E-state index in [0.29, 0.717) is 26.2 Å². The van der Waals surface area contributed by atoms with Crippen molar-refractivity contribution < 1.29 is 19.1 Å². The maximum atomic E-state index is 12.0. The average Bonchev–Trinajstić information content (AvgIpc) is 2.35. The van der Waals surface area contributed by atoms with Crippen LogP contribution in [0.15, 0.2) is 0 Å². The fourth-order valence-electron chi connectivity index (χ4n) is 2.15. The van der Waals surface area contributed by atoms with Gasteiger partial charge in [0.15, 0.2) is 0 Å². The molecule has 1 rings (SSSR count). The van der Waals surface area contributed by atoms with Gasteiger partial charge in [0.2, 0.25) is 0 Å². The maximum Gasteiger partial charge on any atom is 0.410 e. The Morgan fingerprint density at radius 3 is 1.85 bits per heavy atom. The van der Waals surface area contributed by atoms with Crippen LogP contribution in [0.25, 0.3) is 0 Å². The van der Waals surface area contributed by atoms with Gasteiger partial charge in [-0.3, -0.25) is 9.69 Å². The summed E-state index contributed by atoms with van der Waals surface area (Å²) >= 11 is 0. The van der Waals surface area contributed by atoms with Crippen LogP contribution in [0.1, 0.15) is 34.6 Å². The predicted octanol–water partition coefficient (Wildman–Crippen LogP) is 1.49. The first-order valence-electron chi connectivity index (χ1n) is 6.89. The Morgan fingerprint density at radius 2 is 1.45 bits per heavy atom. The van der Waals surface area contributed by atoms with E-state index in [1.165, 1.54) is 7.11 Å². The first kappa shape index (κ1) is 16.8. The number of methoxy groups -OCH3 is 1. The van der Waals surface area contributed by atoms with Gasteiger partial charge in [-0.05, 0) is 34.6 Å². The average molecular weight is 286 g/mol. The molecule has 0 aliphatic carbocycles. The highest BCUT2D eigenvalue weighted by Gasteiger charge is 2.38. The smallest absolute Gasteiger partial charge is 0.410 e. The molecule has 20 heavy (non-hydrogen) atoms. The van der Waals surface area contributed by atoms with Crippen molar-refractivity contribution in [1.29, 1.82) is 0 Å². The summed E-state index contributed by atoms with van der Waals surface area (Å²) in [7, 11) is 1.39. The standard InChI is InChI=1S/C14H26N2O4/c1-13(2,3)20-12(18)15-7-9-16(10-8-15)14(4,5)11(17)19-6/h7-10H2,1-6H3. The molecule has 1 fully saturated rings. The molecule has 0 radical (unpaired) electrons. The van der Waals surface area contributed by atoms with Crippen molar-refractivity contribution in [3.05, 3.63) is 0 Å². The third kappa shape index (κ3) is 4.10. The first-order valence-corrected chi connectivity index (χ1v) is 6.89. The molecule has 1 saturated heterocycles. The second kappa shape index (κ2) is 5.99. The van der Waals surface area contributed by atoms with Crippen molar-refractivity contribution in [2.75, 3.05) is 33.3 Å². The van der Waals surface area contributed by atoms with Crippen LogP contribution in [-0.2, 0) is 14.3 Å². The second-order valence-corrected chi connectivity index (χ2v) is 6.51. The van der Waals surface area contributed by atoms with Crippen LogP contribution in [0, 0.1) is 0 Å². The number of nitrogens with zero attached hydrogens (tertiary/aromatic N) is 2. The Labute approximate surface area is 121 Å². The summed E-state index contributed by atoms with van der Waals surface area (Å²) in [6, 6.07) is 0. The van der Waals surface area contributed by atoms with Gasteiger partial charge in [-0.1, -0.05) is 0 Å². The zero-order valence-electron chi connectivity index (χ0n) is 13.4. The molecule has 0 spiro atoms. The van der Waals surface area contributed by atoms with Gasteiger partial charge in [0.1, 0.15) is 11.1 Å². The van der Waals surface area contributed by atoms with Gasteiger partial charge in [-0.15, -0.1) is 0 Å². The lowest BCUT2D eigenvalue weighted by Gasteiger charge is -2.42. The van der Waals surface area contributed by atoms with E-state index in [9.17, 15) is 9.59 Å². The minimum atomic E-state index is -0.672.